The van der Waals surface area contributed by atoms with Crippen LogP contribution in [-0.4, -0.2) is 10.7 Å². The van der Waals surface area contributed by atoms with Crippen LogP contribution in [0.5, 0.6) is 0 Å². The maximum absolute atomic E-state index is 3.60. The number of alkyl halides is 2. The second-order valence-electron chi connectivity index (χ2n) is 6.03. The number of fused-ring (bicyclic) bond motifs is 2. The SMILES string of the molecule is BrCCCC1c2ccccc2C(CCCBr)c2ccccc21. The summed E-state index contributed by atoms with van der Waals surface area (Å²) in [7, 11) is 0. The van der Waals surface area contributed by atoms with Crippen LogP contribution in [0.15, 0.2) is 48.5 Å². The quantitative estimate of drug-likeness (QED) is 0.460. The van der Waals surface area contributed by atoms with Gasteiger partial charge in [-0.15, -0.1) is 0 Å². The predicted octanol–water partition coefficient (Wildman–Crippen LogP) is 6.61. The van der Waals surface area contributed by atoms with Crippen LogP contribution in [0.1, 0.15) is 59.8 Å². The van der Waals surface area contributed by atoms with Gasteiger partial charge in [-0.3, -0.25) is 0 Å². The molecule has 3 rings (SSSR count). The maximum atomic E-state index is 3.60. The first-order valence-corrected chi connectivity index (χ1v) is 10.4. The fraction of sp³-hybridized carbons (Fsp3) is 0.400. The highest BCUT2D eigenvalue weighted by Crippen LogP contribution is 2.46. The molecule has 0 N–H and O–H groups in total. The summed E-state index contributed by atoms with van der Waals surface area (Å²) in [5.74, 6) is 1.12. The lowest BCUT2D eigenvalue weighted by Crippen LogP contribution is -2.18. The van der Waals surface area contributed by atoms with Gasteiger partial charge in [-0.05, 0) is 47.9 Å². The van der Waals surface area contributed by atoms with Crippen LogP contribution in [0.2, 0.25) is 0 Å². The Bertz CT molecular complexity index is 519. The number of rotatable bonds is 6. The number of benzene rings is 2. The van der Waals surface area contributed by atoms with E-state index in [1.165, 1.54) is 25.7 Å². The van der Waals surface area contributed by atoms with Crippen molar-refractivity contribution in [2.75, 3.05) is 10.7 Å². The highest BCUT2D eigenvalue weighted by molar-refractivity contribution is 9.09. The Labute approximate surface area is 150 Å². The molecule has 2 aromatic carbocycles. The standard InChI is InChI=1S/C20H22Br2/c21-13-5-11-19-15-7-1-2-8-16(15)20(12-6-14-22)18-10-4-3-9-17(18)19/h1-4,7-10,19-20H,5-6,11-14H2. The summed E-state index contributed by atoms with van der Waals surface area (Å²) >= 11 is 7.19. The van der Waals surface area contributed by atoms with Crippen LogP contribution in [-0.2, 0) is 0 Å². The monoisotopic (exact) mass is 420 g/mol. The first kappa shape index (κ1) is 16.3. The molecule has 0 bridgehead atoms. The fourth-order valence-corrected chi connectivity index (χ4v) is 4.46. The summed E-state index contributed by atoms with van der Waals surface area (Å²) in [4.78, 5) is 0. The summed E-state index contributed by atoms with van der Waals surface area (Å²) in [5, 5.41) is 2.17. The molecule has 116 valence electrons. The molecular weight excluding hydrogens is 400 g/mol. The van der Waals surface area contributed by atoms with Gasteiger partial charge in [-0.2, -0.15) is 0 Å². The predicted molar refractivity (Wildman–Crippen MR) is 103 cm³/mol. The van der Waals surface area contributed by atoms with Crippen LogP contribution in [0.25, 0.3) is 0 Å². The van der Waals surface area contributed by atoms with E-state index in [9.17, 15) is 0 Å². The molecular formula is C20H22Br2. The second kappa shape index (κ2) is 7.79. The van der Waals surface area contributed by atoms with Crippen molar-refractivity contribution in [3.63, 3.8) is 0 Å². The smallest absolute Gasteiger partial charge is 0.00955 e. The van der Waals surface area contributed by atoms with E-state index in [1.807, 2.05) is 0 Å². The van der Waals surface area contributed by atoms with Gasteiger partial charge in [-0.25, -0.2) is 0 Å². The molecule has 0 nitrogen and oxygen atoms in total. The van der Waals surface area contributed by atoms with E-state index in [4.69, 9.17) is 0 Å². The van der Waals surface area contributed by atoms with Crippen molar-refractivity contribution in [2.45, 2.75) is 37.5 Å². The minimum Gasteiger partial charge on any atom is -0.0928 e. The van der Waals surface area contributed by atoms with Gasteiger partial charge in [0.05, 0.1) is 0 Å². The molecule has 2 aromatic rings. The third-order valence-electron chi connectivity index (χ3n) is 4.75. The van der Waals surface area contributed by atoms with Crippen LogP contribution in [0.3, 0.4) is 0 Å². The largest absolute Gasteiger partial charge is 0.0928 e. The molecule has 0 spiro atoms. The molecule has 0 aliphatic heterocycles. The molecule has 0 radical (unpaired) electrons. The third kappa shape index (κ3) is 3.19. The van der Waals surface area contributed by atoms with Crippen molar-refractivity contribution < 1.29 is 0 Å². The normalized spacial score (nSPS) is 19.5. The highest BCUT2D eigenvalue weighted by atomic mass is 79.9. The number of halogens is 2. The second-order valence-corrected chi connectivity index (χ2v) is 7.61. The Hall–Kier alpha value is -0.600. The molecule has 1 aliphatic carbocycles. The van der Waals surface area contributed by atoms with Gasteiger partial charge in [0.25, 0.3) is 0 Å². The molecule has 0 unspecified atom stereocenters. The topological polar surface area (TPSA) is 0 Å². The van der Waals surface area contributed by atoms with Crippen LogP contribution in [0.4, 0.5) is 0 Å². The van der Waals surface area contributed by atoms with E-state index in [1.54, 1.807) is 22.3 Å². The van der Waals surface area contributed by atoms with Gasteiger partial charge >= 0.3 is 0 Å². The zero-order valence-electron chi connectivity index (χ0n) is 12.8. The van der Waals surface area contributed by atoms with Crippen molar-refractivity contribution >= 4 is 31.9 Å². The number of hydrogen-bond donors (Lipinski definition) is 0. The van der Waals surface area contributed by atoms with E-state index < -0.39 is 0 Å². The Morgan fingerprint density at radius 3 is 1.18 bits per heavy atom. The molecule has 1 aliphatic rings. The molecule has 0 amide bonds. The van der Waals surface area contributed by atoms with E-state index in [-0.39, 0.29) is 0 Å². The maximum Gasteiger partial charge on any atom is 0.00955 e. The number of hydrogen-bond acceptors (Lipinski definition) is 0. The lowest BCUT2D eigenvalue weighted by Gasteiger charge is -2.34. The van der Waals surface area contributed by atoms with Gasteiger partial charge in [0.2, 0.25) is 0 Å². The Balaban J connectivity index is 2.06. The van der Waals surface area contributed by atoms with Gasteiger partial charge in [0, 0.05) is 22.5 Å². The zero-order chi connectivity index (χ0) is 15.4. The van der Waals surface area contributed by atoms with E-state index >= 15 is 0 Å². The van der Waals surface area contributed by atoms with E-state index in [0.717, 1.165) is 10.7 Å². The minimum absolute atomic E-state index is 0.560. The Morgan fingerprint density at radius 1 is 0.591 bits per heavy atom. The molecule has 0 saturated heterocycles. The van der Waals surface area contributed by atoms with Crippen LogP contribution < -0.4 is 0 Å². The average molecular weight is 422 g/mol. The molecule has 0 aromatic heterocycles. The Morgan fingerprint density at radius 2 is 0.909 bits per heavy atom. The minimum atomic E-state index is 0.560. The summed E-state index contributed by atoms with van der Waals surface area (Å²) in [6.07, 6.45) is 4.90. The molecule has 2 heteroatoms. The summed E-state index contributed by atoms with van der Waals surface area (Å²) < 4.78 is 0. The van der Waals surface area contributed by atoms with E-state index in [0.29, 0.717) is 11.8 Å². The highest BCUT2D eigenvalue weighted by Gasteiger charge is 2.30. The molecule has 0 saturated carbocycles. The van der Waals surface area contributed by atoms with E-state index in [2.05, 4.69) is 80.4 Å². The van der Waals surface area contributed by atoms with Gasteiger partial charge < -0.3 is 0 Å². The van der Waals surface area contributed by atoms with Crippen LogP contribution >= 0.6 is 31.9 Å². The van der Waals surface area contributed by atoms with Gasteiger partial charge in [0.15, 0.2) is 0 Å². The van der Waals surface area contributed by atoms with Crippen molar-refractivity contribution in [3.8, 4) is 0 Å². The van der Waals surface area contributed by atoms with Crippen molar-refractivity contribution in [2.24, 2.45) is 0 Å². The summed E-state index contributed by atoms with van der Waals surface area (Å²) in [6.45, 7) is 0. The van der Waals surface area contributed by atoms with Crippen LogP contribution in [0, 0.1) is 0 Å². The molecule has 0 heterocycles. The van der Waals surface area contributed by atoms with Gasteiger partial charge in [0.1, 0.15) is 0 Å². The third-order valence-corrected chi connectivity index (χ3v) is 5.87. The van der Waals surface area contributed by atoms with Crippen molar-refractivity contribution in [3.05, 3.63) is 70.8 Å². The Kier molecular flexibility index (Phi) is 5.76. The summed E-state index contributed by atoms with van der Waals surface area (Å²) in [5.41, 5.74) is 6.23. The zero-order valence-corrected chi connectivity index (χ0v) is 15.9. The fourth-order valence-electron chi connectivity index (χ4n) is 3.81. The molecule has 22 heavy (non-hydrogen) atoms. The first-order valence-electron chi connectivity index (χ1n) is 8.16. The molecule has 0 fully saturated rings. The summed E-state index contributed by atoms with van der Waals surface area (Å²) in [6, 6.07) is 18.2. The molecule has 0 atom stereocenters. The average Bonchev–Trinajstić information content (AvgIpc) is 2.58. The first-order chi connectivity index (χ1) is 10.9. The van der Waals surface area contributed by atoms with Gasteiger partial charge in [-0.1, -0.05) is 80.4 Å². The van der Waals surface area contributed by atoms with Crippen molar-refractivity contribution in [1.82, 2.24) is 0 Å². The lowest BCUT2D eigenvalue weighted by molar-refractivity contribution is 0.616. The lowest BCUT2D eigenvalue weighted by atomic mass is 9.70. The van der Waals surface area contributed by atoms with Crippen molar-refractivity contribution in [1.29, 1.82) is 0 Å².